The molecule has 0 radical (unpaired) electrons. The summed E-state index contributed by atoms with van der Waals surface area (Å²) >= 11 is 0. The van der Waals surface area contributed by atoms with Gasteiger partial charge in [-0.3, -0.25) is 4.79 Å². The minimum Gasteiger partial charge on any atom is -0.480 e. The standard InChI is InChI=1S/C14H23N3O4/c1-9-4-6-16(10(8-9)11(18)19)13(21)17-7-5-15-12(20)14(17,2)3/h9-10H,4-8H2,1-3H3,(H,15,20)(H,18,19). The molecule has 0 aliphatic carbocycles. The van der Waals surface area contributed by atoms with Gasteiger partial charge in [0.05, 0.1) is 0 Å². The summed E-state index contributed by atoms with van der Waals surface area (Å²) < 4.78 is 0. The van der Waals surface area contributed by atoms with E-state index in [1.807, 2.05) is 6.92 Å². The number of carboxylic acid groups (broad SMARTS) is 1. The minimum atomic E-state index is -0.978. The van der Waals surface area contributed by atoms with E-state index in [-0.39, 0.29) is 17.9 Å². The summed E-state index contributed by atoms with van der Waals surface area (Å²) in [6.07, 6.45) is 1.25. The van der Waals surface area contributed by atoms with Gasteiger partial charge in [-0.2, -0.15) is 0 Å². The number of carbonyl (C=O) groups excluding carboxylic acids is 2. The highest BCUT2D eigenvalue weighted by molar-refractivity contribution is 5.92. The second kappa shape index (κ2) is 5.54. The zero-order chi connectivity index (χ0) is 15.8. The summed E-state index contributed by atoms with van der Waals surface area (Å²) in [7, 11) is 0. The van der Waals surface area contributed by atoms with Crippen molar-refractivity contribution in [2.75, 3.05) is 19.6 Å². The Hall–Kier alpha value is -1.79. The van der Waals surface area contributed by atoms with Crippen molar-refractivity contribution in [3.63, 3.8) is 0 Å². The van der Waals surface area contributed by atoms with E-state index in [0.717, 1.165) is 6.42 Å². The number of nitrogens with zero attached hydrogens (tertiary/aromatic N) is 2. The molecule has 0 saturated carbocycles. The van der Waals surface area contributed by atoms with Crippen molar-refractivity contribution >= 4 is 17.9 Å². The predicted molar refractivity (Wildman–Crippen MR) is 75.7 cm³/mol. The number of aliphatic carboxylic acids is 1. The van der Waals surface area contributed by atoms with Crippen LogP contribution >= 0.6 is 0 Å². The molecule has 2 fully saturated rings. The molecule has 2 aliphatic rings. The van der Waals surface area contributed by atoms with Crippen molar-refractivity contribution in [3.05, 3.63) is 0 Å². The van der Waals surface area contributed by atoms with Crippen molar-refractivity contribution in [1.82, 2.24) is 15.1 Å². The minimum absolute atomic E-state index is 0.209. The maximum absolute atomic E-state index is 12.7. The normalized spacial score (nSPS) is 29.0. The fourth-order valence-electron chi connectivity index (χ4n) is 2.99. The third-order valence-corrected chi connectivity index (χ3v) is 4.48. The number of carboxylic acids is 1. The molecule has 2 saturated heterocycles. The first-order valence-corrected chi connectivity index (χ1v) is 7.34. The summed E-state index contributed by atoms with van der Waals surface area (Å²) in [4.78, 5) is 39.0. The lowest BCUT2D eigenvalue weighted by Crippen LogP contribution is -2.67. The van der Waals surface area contributed by atoms with Crippen molar-refractivity contribution in [2.24, 2.45) is 5.92 Å². The van der Waals surface area contributed by atoms with Gasteiger partial charge >= 0.3 is 12.0 Å². The number of hydrogen-bond acceptors (Lipinski definition) is 3. The summed E-state index contributed by atoms with van der Waals surface area (Å²) in [6, 6.07) is -1.16. The zero-order valence-corrected chi connectivity index (χ0v) is 12.8. The quantitative estimate of drug-likeness (QED) is 0.737. The molecule has 118 valence electrons. The van der Waals surface area contributed by atoms with E-state index in [2.05, 4.69) is 5.32 Å². The number of nitrogens with one attached hydrogen (secondary N) is 1. The summed E-state index contributed by atoms with van der Waals surface area (Å²) in [5.74, 6) is -0.902. The lowest BCUT2D eigenvalue weighted by molar-refractivity contribution is -0.144. The van der Waals surface area contributed by atoms with Gasteiger partial charge in [-0.1, -0.05) is 6.92 Å². The van der Waals surface area contributed by atoms with Gasteiger partial charge in [0.1, 0.15) is 11.6 Å². The van der Waals surface area contributed by atoms with E-state index in [0.29, 0.717) is 26.1 Å². The van der Waals surface area contributed by atoms with Gasteiger partial charge in [-0.25, -0.2) is 9.59 Å². The van der Waals surface area contributed by atoms with Crippen LogP contribution in [0.2, 0.25) is 0 Å². The fourth-order valence-corrected chi connectivity index (χ4v) is 2.99. The summed E-state index contributed by atoms with van der Waals surface area (Å²) in [5.41, 5.74) is -0.957. The van der Waals surface area contributed by atoms with Crippen LogP contribution in [0.15, 0.2) is 0 Å². The largest absolute Gasteiger partial charge is 0.480 e. The molecule has 21 heavy (non-hydrogen) atoms. The number of carbonyl (C=O) groups is 3. The first-order valence-electron chi connectivity index (χ1n) is 7.34. The number of piperidine rings is 1. The molecule has 0 aromatic carbocycles. The highest BCUT2D eigenvalue weighted by Crippen LogP contribution is 2.27. The second-order valence-electron chi connectivity index (χ2n) is 6.43. The highest BCUT2D eigenvalue weighted by atomic mass is 16.4. The van der Waals surface area contributed by atoms with Crippen molar-refractivity contribution in [3.8, 4) is 0 Å². The Morgan fingerprint density at radius 2 is 2.00 bits per heavy atom. The molecule has 7 heteroatoms. The number of amides is 3. The van der Waals surface area contributed by atoms with Crippen LogP contribution in [0.25, 0.3) is 0 Å². The Kier molecular flexibility index (Phi) is 4.11. The Labute approximate surface area is 124 Å². The Morgan fingerprint density at radius 3 is 2.62 bits per heavy atom. The SMILES string of the molecule is CC1CCN(C(=O)N2CCNC(=O)C2(C)C)C(C(=O)O)C1. The average Bonchev–Trinajstić information content (AvgIpc) is 2.41. The summed E-state index contributed by atoms with van der Waals surface area (Å²) in [6.45, 7) is 6.58. The molecule has 0 bridgehead atoms. The van der Waals surface area contributed by atoms with E-state index in [9.17, 15) is 19.5 Å². The van der Waals surface area contributed by atoms with Crippen molar-refractivity contribution < 1.29 is 19.5 Å². The van der Waals surface area contributed by atoms with E-state index >= 15 is 0 Å². The van der Waals surface area contributed by atoms with Crippen LogP contribution in [0, 0.1) is 5.92 Å². The number of urea groups is 1. The molecule has 2 unspecified atom stereocenters. The lowest BCUT2D eigenvalue weighted by atomic mass is 9.92. The smallest absolute Gasteiger partial charge is 0.326 e. The molecule has 0 aromatic rings. The van der Waals surface area contributed by atoms with Gasteiger partial charge < -0.3 is 20.2 Å². The fraction of sp³-hybridized carbons (Fsp3) is 0.786. The second-order valence-corrected chi connectivity index (χ2v) is 6.43. The van der Waals surface area contributed by atoms with E-state index < -0.39 is 17.6 Å². The molecule has 2 N–H and O–H groups in total. The first kappa shape index (κ1) is 15.6. The van der Waals surface area contributed by atoms with Gasteiger partial charge in [-0.15, -0.1) is 0 Å². The molecule has 2 atom stereocenters. The number of piperazine rings is 1. The van der Waals surface area contributed by atoms with Crippen LogP contribution in [-0.4, -0.2) is 64.0 Å². The van der Waals surface area contributed by atoms with Crippen LogP contribution in [0.1, 0.15) is 33.6 Å². The highest BCUT2D eigenvalue weighted by Gasteiger charge is 2.45. The molecule has 7 nitrogen and oxygen atoms in total. The number of hydrogen-bond donors (Lipinski definition) is 2. The maximum Gasteiger partial charge on any atom is 0.326 e. The van der Waals surface area contributed by atoms with Gasteiger partial charge in [0, 0.05) is 19.6 Å². The molecule has 2 heterocycles. The molecule has 2 aliphatic heterocycles. The Balaban J connectivity index is 2.21. The molecular formula is C14H23N3O4. The van der Waals surface area contributed by atoms with Crippen LogP contribution in [0.3, 0.4) is 0 Å². The predicted octanol–water partition coefficient (Wildman–Crippen LogP) is 0.502. The monoisotopic (exact) mass is 297 g/mol. The number of likely N-dealkylation sites (tertiary alicyclic amines) is 1. The molecule has 0 aromatic heterocycles. The maximum atomic E-state index is 12.7. The average molecular weight is 297 g/mol. The Bertz CT molecular complexity index is 463. The van der Waals surface area contributed by atoms with Gasteiger partial charge in [0.25, 0.3) is 0 Å². The zero-order valence-electron chi connectivity index (χ0n) is 12.8. The topological polar surface area (TPSA) is 90.0 Å². The van der Waals surface area contributed by atoms with Crippen LogP contribution in [-0.2, 0) is 9.59 Å². The molecule has 2 rings (SSSR count). The van der Waals surface area contributed by atoms with Crippen LogP contribution in [0.4, 0.5) is 4.79 Å². The van der Waals surface area contributed by atoms with Crippen LogP contribution < -0.4 is 5.32 Å². The Morgan fingerprint density at radius 1 is 1.33 bits per heavy atom. The lowest BCUT2D eigenvalue weighted by Gasteiger charge is -2.46. The van der Waals surface area contributed by atoms with Crippen molar-refractivity contribution in [1.29, 1.82) is 0 Å². The van der Waals surface area contributed by atoms with E-state index in [4.69, 9.17) is 0 Å². The third kappa shape index (κ3) is 2.82. The van der Waals surface area contributed by atoms with E-state index in [1.54, 1.807) is 13.8 Å². The van der Waals surface area contributed by atoms with E-state index in [1.165, 1.54) is 9.80 Å². The van der Waals surface area contributed by atoms with Crippen molar-refractivity contribution in [2.45, 2.75) is 45.2 Å². The number of rotatable bonds is 1. The third-order valence-electron chi connectivity index (χ3n) is 4.48. The molecule has 3 amide bonds. The van der Waals surface area contributed by atoms with Crippen LogP contribution in [0.5, 0.6) is 0 Å². The molecule has 0 spiro atoms. The van der Waals surface area contributed by atoms with Gasteiger partial charge in [0.15, 0.2) is 0 Å². The van der Waals surface area contributed by atoms with Gasteiger partial charge in [0.2, 0.25) is 5.91 Å². The first-order chi connectivity index (χ1) is 9.75. The van der Waals surface area contributed by atoms with Gasteiger partial charge in [-0.05, 0) is 32.6 Å². The summed E-state index contributed by atoms with van der Waals surface area (Å²) in [5, 5.41) is 12.1. The molecular weight excluding hydrogens is 274 g/mol.